The van der Waals surface area contributed by atoms with Gasteiger partial charge in [0.2, 0.25) is 0 Å². The van der Waals surface area contributed by atoms with Crippen LogP contribution in [-0.2, 0) is 11.2 Å². The molecule has 0 fully saturated rings. The molecular weight excluding hydrogens is 447 g/mol. The standard InChI is InChI=1S/C24H22ClFN4O3/c1-15-20(23(25)30(29-15)19-7-5-18(26)6-8-19)13-17(14-27)24(31)28-11-10-16-4-9-21(32-2)22(12-16)33-3/h4-9,12-13H,10-11H2,1-3H3,(H,28,31). The van der Waals surface area contributed by atoms with Crippen LogP contribution in [-0.4, -0.2) is 36.5 Å². The zero-order valence-corrected chi connectivity index (χ0v) is 19.1. The Morgan fingerprint density at radius 3 is 2.55 bits per heavy atom. The SMILES string of the molecule is COc1ccc(CCNC(=O)C(C#N)=Cc2c(C)nn(-c3ccc(F)cc3)c2Cl)cc1OC. The molecule has 0 aliphatic carbocycles. The van der Waals surface area contributed by atoms with Crippen molar-refractivity contribution in [1.82, 2.24) is 15.1 Å². The van der Waals surface area contributed by atoms with Gasteiger partial charge in [0.1, 0.15) is 22.6 Å². The van der Waals surface area contributed by atoms with Crippen LogP contribution in [0.25, 0.3) is 11.8 Å². The minimum Gasteiger partial charge on any atom is -0.493 e. The Morgan fingerprint density at radius 1 is 1.21 bits per heavy atom. The molecule has 0 spiro atoms. The molecule has 170 valence electrons. The van der Waals surface area contributed by atoms with Gasteiger partial charge >= 0.3 is 0 Å². The predicted octanol–water partition coefficient (Wildman–Crippen LogP) is 4.26. The number of aryl methyl sites for hydroxylation is 1. The van der Waals surface area contributed by atoms with E-state index in [1.54, 1.807) is 27.2 Å². The molecule has 3 rings (SSSR count). The van der Waals surface area contributed by atoms with Gasteiger partial charge in [-0.25, -0.2) is 9.07 Å². The number of halogens is 2. The van der Waals surface area contributed by atoms with Gasteiger partial charge in [0, 0.05) is 12.1 Å². The second-order valence-electron chi connectivity index (χ2n) is 7.04. The van der Waals surface area contributed by atoms with Gasteiger partial charge < -0.3 is 14.8 Å². The van der Waals surface area contributed by atoms with Crippen LogP contribution < -0.4 is 14.8 Å². The molecule has 1 N–H and O–H groups in total. The van der Waals surface area contributed by atoms with Crippen molar-refractivity contribution in [2.45, 2.75) is 13.3 Å². The summed E-state index contributed by atoms with van der Waals surface area (Å²) in [6, 6.07) is 13.1. The molecular formula is C24H22ClFN4O3. The lowest BCUT2D eigenvalue weighted by Crippen LogP contribution is -2.26. The number of aromatic nitrogens is 2. The molecule has 7 nitrogen and oxygen atoms in total. The molecule has 0 radical (unpaired) electrons. The Labute approximate surface area is 196 Å². The van der Waals surface area contributed by atoms with Gasteiger partial charge in [0.25, 0.3) is 5.91 Å². The molecule has 0 saturated heterocycles. The molecule has 9 heteroatoms. The summed E-state index contributed by atoms with van der Waals surface area (Å²) < 4.78 is 25.1. The van der Waals surface area contributed by atoms with Crippen LogP contribution in [0.15, 0.2) is 48.0 Å². The van der Waals surface area contributed by atoms with Crippen molar-refractivity contribution in [3.8, 4) is 23.3 Å². The van der Waals surface area contributed by atoms with E-state index in [4.69, 9.17) is 21.1 Å². The van der Waals surface area contributed by atoms with Gasteiger partial charge in [-0.2, -0.15) is 10.4 Å². The van der Waals surface area contributed by atoms with E-state index in [2.05, 4.69) is 10.4 Å². The monoisotopic (exact) mass is 468 g/mol. The molecule has 0 aliphatic rings. The van der Waals surface area contributed by atoms with E-state index in [-0.39, 0.29) is 16.5 Å². The van der Waals surface area contributed by atoms with Gasteiger partial charge in [-0.05, 0) is 61.4 Å². The fraction of sp³-hybridized carbons (Fsp3) is 0.208. The first-order valence-electron chi connectivity index (χ1n) is 10.00. The number of hydrogen-bond acceptors (Lipinski definition) is 5. The third kappa shape index (κ3) is 5.51. The molecule has 0 atom stereocenters. The number of hydrogen-bond donors (Lipinski definition) is 1. The molecule has 3 aromatic rings. The Bertz CT molecular complexity index is 1230. The highest BCUT2D eigenvalue weighted by molar-refractivity contribution is 6.31. The van der Waals surface area contributed by atoms with Crippen LogP contribution in [0.5, 0.6) is 11.5 Å². The predicted molar refractivity (Wildman–Crippen MR) is 123 cm³/mol. The molecule has 0 aliphatic heterocycles. The van der Waals surface area contributed by atoms with Crippen molar-refractivity contribution in [2.24, 2.45) is 0 Å². The van der Waals surface area contributed by atoms with Gasteiger partial charge in [-0.15, -0.1) is 0 Å². The number of nitrogens with zero attached hydrogens (tertiary/aromatic N) is 3. The van der Waals surface area contributed by atoms with Crippen molar-refractivity contribution in [3.05, 3.63) is 75.8 Å². The summed E-state index contributed by atoms with van der Waals surface area (Å²) >= 11 is 6.45. The average molecular weight is 469 g/mol. The summed E-state index contributed by atoms with van der Waals surface area (Å²) in [5, 5.41) is 16.8. The van der Waals surface area contributed by atoms with E-state index in [1.165, 1.54) is 35.0 Å². The maximum absolute atomic E-state index is 13.2. The molecule has 0 saturated carbocycles. The van der Waals surface area contributed by atoms with Gasteiger partial charge in [0.05, 0.1) is 25.6 Å². The van der Waals surface area contributed by atoms with Gasteiger partial charge in [-0.3, -0.25) is 4.79 Å². The van der Waals surface area contributed by atoms with Crippen molar-refractivity contribution >= 4 is 23.6 Å². The van der Waals surface area contributed by atoms with Crippen LogP contribution >= 0.6 is 11.6 Å². The highest BCUT2D eigenvalue weighted by Gasteiger charge is 2.17. The maximum atomic E-state index is 13.2. The highest BCUT2D eigenvalue weighted by atomic mass is 35.5. The first-order chi connectivity index (χ1) is 15.9. The number of rotatable bonds is 8. The summed E-state index contributed by atoms with van der Waals surface area (Å²) in [6.07, 6.45) is 1.93. The fourth-order valence-electron chi connectivity index (χ4n) is 3.17. The van der Waals surface area contributed by atoms with Crippen LogP contribution in [0.1, 0.15) is 16.8 Å². The Morgan fingerprint density at radius 2 is 1.91 bits per heavy atom. The quantitative estimate of drug-likeness (QED) is 0.394. The molecule has 0 bridgehead atoms. The number of ether oxygens (including phenoxy) is 2. The molecule has 0 unspecified atom stereocenters. The fourth-order valence-corrected chi connectivity index (χ4v) is 3.50. The highest BCUT2D eigenvalue weighted by Crippen LogP contribution is 2.28. The van der Waals surface area contributed by atoms with Crippen LogP contribution in [0.3, 0.4) is 0 Å². The van der Waals surface area contributed by atoms with E-state index >= 15 is 0 Å². The van der Waals surface area contributed by atoms with E-state index in [0.717, 1.165) is 5.56 Å². The Balaban J connectivity index is 1.72. The molecule has 1 aromatic heterocycles. The lowest BCUT2D eigenvalue weighted by Gasteiger charge is -2.10. The van der Waals surface area contributed by atoms with E-state index in [0.29, 0.717) is 41.4 Å². The number of carbonyl (C=O) groups excluding carboxylic acids is 1. The summed E-state index contributed by atoms with van der Waals surface area (Å²) in [6.45, 7) is 2.02. The summed E-state index contributed by atoms with van der Waals surface area (Å²) in [7, 11) is 3.11. The second-order valence-corrected chi connectivity index (χ2v) is 7.40. The number of amides is 1. The van der Waals surface area contributed by atoms with Crippen molar-refractivity contribution < 1.29 is 18.7 Å². The largest absolute Gasteiger partial charge is 0.493 e. The number of methoxy groups -OCH3 is 2. The molecule has 1 heterocycles. The van der Waals surface area contributed by atoms with Crippen molar-refractivity contribution in [3.63, 3.8) is 0 Å². The molecule has 1 amide bonds. The van der Waals surface area contributed by atoms with Gasteiger partial charge in [-0.1, -0.05) is 17.7 Å². The first kappa shape index (κ1) is 23.8. The van der Waals surface area contributed by atoms with E-state index in [1.807, 2.05) is 18.2 Å². The molecule has 33 heavy (non-hydrogen) atoms. The third-order valence-corrected chi connectivity index (χ3v) is 5.28. The second kappa shape index (κ2) is 10.7. The normalized spacial score (nSPS) is 11.1. The summed E-state index contributed by atoms with van der Waals surface area (Å²) in [5.41, 5.74) is 2.35. The van der Waals surface area contributed by atoms with Crippen LogP contribution in [0.2, 0.25) is 5.15 Å². The van der Waals surface area contributed by atoms with Crippen LogP contribution in [0.4, 0.5) is 4.39 Å². The summed E-state index contributed by atoms with van der Waals surface area (Å²) in [4.78, 5) is 12.6. The summed E-state index contributed by atoms with van der Waals surface area (Å²) in [5.74, 6) is 0.314. The lowest BCUT2D eigenvalue weighted by atomic mass is 10.1. The zero-order valence-electron chi connectivity index (χ0n) is 18.4. The van der Waals surface area contributed by atoms with Gasteiger partial charge in [0.15, 0.2) is 11.5 Å². The van der Waals surface area contributed by atoms with Crippen molar-refractivity contribution in [2.75, 3.05) is 20.8 Å². The number of nitrogens with one attached hydrogen (secondary N) is 1. The van der Waals surface area contributed by atoms with Crippen LogP contribution in [0, 0.1) is 24.1 Å². The topological polar surface area (TPSA) is 89.2 Å². The van der Waals surface area contributed by atoms with E-state index < -0.39 is 5.91 Å². The lowest BCUT2D eigenvalue weighted by molar-refractivity contribution is -0.117. The number of nitriles is 1. The number of benzene rings is 2. The minimum absolute atomic E-state index is 0.106. The zero-order chi connectivity index (χ0) is 24.0. The smallest absolute Gasteiger partial charge is 0.261 e. The number of carbonyl (C=O) groups is 1. The third-order valence-electron chi connectivity index (χ3n) is 4.92. The Kier molecular flexibility index (Phi) is 7.70. The van der Waals surface area contributed by atoms with Crippen molar-refractivity contribution in [1.29, 1.82) is 5.26 Å². The van der Waals surface area contributed by atoms with E-state index in [9.17, 15) is 14.4 Å². The first-order valence-corrected chi connectivity index (χ1v) is 10.4. The minimum atomic E-state index is -0.525. The molecule has 2 aromatic carbocycles. The maximum Gasteiger partial charge on any atom is 0.261 e. The Hall–Kier alpha value is -3.83. The average Bonchev–Trinajstić information content (AvgIpc) is 3.10.